The topological polar surface area (TPSA) is 42.1 Å². The molecule has 3 nitrogen and oxygen atoms in total. The highest BCUT2D eigenvalue weighted by atomic mass is 79.9. The molecule has 0 aliphatic rings. The second kappa shape index (κ2) is 6.17. The number of nitrogens with two attached hydrogens (primary N) is 1. The summed E-state index contributed by atoms with van der Waals surface area (Å²) in [5.74, 6) is 0. The largest absolute Gasteiger partial charge is 0.369 e. The summed E-state index contributed by atoms with van der Waals surface area (Å²) >= 11 is 3.58. The van der Waals surface area contributed by atoms with Crippen LogP contribution in [0, 0.1) is 0 Å². The lowest BCUT2D eigenvalue weighted by molar-refractivity contribution is 0.811. The Morgan fingerprint density at radius 3 is 2.68 bits per heavy atom. The Hall–Kier alpha value is -1.39. The van der Waals surface area contributed by atoms with Crippen molar-refractivity contribution in [1.82, 2.24) is 4.98 Å². The normalized spacial score (nSPS) is 12.2. The lowest BCUT2D eigenvalue weighted by Crippen LogP contribution is -2.17. The van der Waals surface area contributed by atoms with Crippen LogP contribution in [0.2, 0.25) is 0 Å². The second-order valence-corrected chi connectivity index (χ2v) is 5.53. The third kappa shape index (κ3) is 3.55. The molecule has 1 atom stereocenters. The zero-order valence-electron chi connectivity index (χ0n) is 11.2. The second-order valence-electron chi connectivity index (χ2n) is 4.67. The van der Waals surface area contributed by atoms with Crippen LogP contribution in [0.1, 0.15) is 24.2 Å². The summed E-state index contributed by atoms with van der Waals surface area (Å²) in [6, 6.07) is 12.3. The van der Waals surface area contributed by atoms with Crippen molar-refractivity contribution in [2.75, 3.05) is 11.9 Å². The lowest BCUT2D eigenvalue weighted by Gasteiger charge is -2.20. The van der Waals surface area contributed by atoms with E-state index >= 15 is 0 Å². The lowest BCUT2D eigenvalue weighted by atomic mass is 10.1. The molecule has 0 radical (unpaired) electrons. The Balaban J connectivity index is 2.16. The third-order valence-corrected chi connectivity index (χ3v) is 3.73. The zero-order chi connectivity index (χ0) is 13.8. The van der Waals surface area contributed by atoms with Crippen molar-refractivity contribution in [3.63, 3.8) is 0 Å². The quantitative estimate of drug-likeness (QED) is 0.937. The maximum absolute atomic E-state index is 5.91. The Morgan fingerprint density at radius 1 is 1.32 bits per heavy atom. The standard InChI is InChI=1S/C15H18BrN3/c1-11(17)14-7-6-13(9-15(14)16)19(2)10-12-5-3-4-8-18-12/h3-9,11H,10,17H2,1-2H3. The molecule has 0 aliphatic carbocycles. The molecule has 0 bridgehead atoms. The number of hydrogen-bond acceptors (Lipinski definition) is 3. The molecule has 1 unspecified atom stereocenters. The van der Waals surface area contributed by atoms with Crippen molar-refractivity contribution in [2.24, 2.45) is 5.73 Å². The summed E-state index contributed by atoms with van der Waals surface area (Å²) in [6.45, 7) is 2.77. The summed E-state index contributed by atoms with van der Waals surface area (Å²) < 4.78 is 1.05. The van der Waals surface area contributed by atoms with Crippen molar-refractivity contribution in [3.8, 4) is 0 Å². The van der Waals surface area contributed by atoms with Gasteiger partial charge < -0.3 is 10.6 Å². The van der Waals surface area contributed by atoms with Gasteiger partial charge in [-0.2, -0.15) is 0 Å². The highest BCUT2D eigenvalue weighted by molar-refractivity contribution is 9.10. The van der Waals surface area contributed by atoms with Crippen molar-refractivity contribution in [3.05, 3.63) is 58.3 Å². The van der Waals surface area contributed by atoms with Crippen LogP contribution in [0.5, 0.6) is 0 Å². The number of halogens is 1. The molecule has 2 N–H and O–H groups in total. The molecular formula is C15H18BrN3. The minimum absolute atomic E-state index is 0.0320. The van der Waals surface area contributed by atoms with E-state index in [4.69, 9.17) is 5.73 Å². The monoisotopic (exact) mass is 319 g/mol. The number of rotatable bonds is 4. The average Bonchev–Trinajstić information content (AvgIpc) is 2.39. The molecule has 100 valence electrons. The molecule has 0 aliphatic heterocycles. The fourth-order valence-electron chi connectivity index (χ4n) is 1.95. The Morgan fingerprint density at radius 2 is 2.11 bits per heavy atom. The number of pyridine rings is 1. The van der Waals surface area contributed by atoms with E-state index in [2.05, 4.69) is 51.1 Å². The first-order valence-electron chi connectivity index (χ1n) is 6.24. The summed E-state index contributed by atoms with van der Waals surface area (Å²) in [5.41, 5.74) is 9.22. The van der Waals surface area contributed by atoms with Crippen LogP contribution in [0.25, 0.3) is 0 Å². The molecule has 0 amide bonds. The van der Waals surface area contributed by atoms with E-state index in [-0.39, 0.29) is 6.04 Å². The van der Waals surface area contributed by atoms with E-state index in [1.54, 1.807) is 0 Å². The van der Waals surface area contributed by atoms with Gasteiger partial charge in [-0.15, -0.1) is 0 Å². The molecule has 2 aromatic rings. The van der Waals surface area contributed by atoms with E-state index in [9.17, 15) is 0 Å². The minimum Gasteiger partial charge on any atom is -0.369 e. The molecule has 1 heterocycles. The molecular weight excluding hydrogens is 302 g/mol. The van der Waals surface area contributed by atoms with E-state index < -0.39 is 0 Å². The predicted molar refractivity (Wildman–Crippen MR) is 83.1 cm³/mol. The molecule has 0 fully saturated rings. The van der Waals surface area contributed by atoms with E-state index in [0.717, 1.165) is 28.0 Å². The van der Waals surface area contributed by atoms with Crippen LogP contribution < -0.4 is 10.6 Å². The summed E-state index contributed by atoms with van der Waals surface area (Å²) in [4.78, 5) is 6.50. The van der Waals surface area contributed by atoms with Crippen LogP contribution in [-0.4, -0.2) is 12.0 Å². The van der Waals surface area contributed by atoms with Gasteiger partial charge in [-0.25, -0.2) is 0 Å². The van der Waals surface area contributed by atoms with Gasteiger partial charge >= 0.3 is 0 Å². The molecule has 0 saturated heterocycles. The third-order valence-electron chi connectivity index (χ3n) is 3.04. The fraction of sp³-hybridized carbons (Fsp3) is 0.267. The fourth-order valence-corrected chi connectivity index (χ4v) is 2.68. The van der Waals surface area contributed by atoms with Crippen molar-refractivity contribution < 1.29 is 0 Å². The van der Waals surface area contributed by atoms with E-state index in [0.29, 0.717) is 0 Å². The average molecular weight is 320 g/mol. The van der Waals surface area contributed by atoms with E-state index in [1.807, 2.05) is 31.3 Å². The number of benzene rings is 1. The van der Waals surface area contributed by atoms with Gasteiger partial charge in [-0.1, -0.05) is 28.1 Å². The van der Waals surface area contributed by atoms with Gasteiger partial charge in [0.1, 0.15) is 0 Å². The molecule has 0 spiro atoms. The maximum Gasteiger partial charge on any atom is 0.0598 e. The van der Waals surface area contributed by atoms with Crippen molar-refractivity contribution >= 4 is 21.6 Å². The van der Waals surface area contributed by atoms with Crippen LogP contribution >= 0.6 is 15.9 Å². The van der Waals surface area contributed by atoms with E-state index in [1.165, 1.54) is 0 Å². The first-order valence-corrected chi connectivity index (χ1v) is 7.03. The molecule has 4 heteroatoms. The smallest absolute Gasteiger partial charge is 0.0598 e. The zero-order valence-corrected chi connectivity index (χ0v) is 12.8. The number of hydrogen-bond donors (Lipinski definition) is 1. The first-order chi connectivity index (χ1) is 9.08. The van der Waals surface area contributed by atoms with Gasteiger partial charge in [0, 0.05) is 29.4 Å². The Labute approximate surface area is 122 Å². The SMILES string of the molecule is CC(N)c1ccc(N(C)Cc2ccccn2)cc1Br. The number of aromatic nitrogens is 1. The van der Waals surface area contributed by atoms with Gasteiger partial charge in [0.25, 0.3) is 0 Å². The number of nitrogens with zero attached hydrogens (tertiary/aromatic N) is 2. The van der Waals surface area contributed by atoms with Crippen LogP contribution in [-0.2, 0) is 6.54 Å². The summed E-state index contributed by atoms with van der Waals surface area (Å²) in [7, 11) is 2.06. The predicted octanol–water partition coefficient (Wildman–Crippen LogP) is 3.50. The Kier molecular flexibility index (Phi) is 4.56. The van der Waals surface area contributed by atoms with Crippen LogP contribution in [0.4, 0.5) is 5.69 Å². The highest BCUT2D eigenvalue weighted by Crippen LogP contribution is 2.27. The van der Waals surface area contributed by atoms with Crippen molar-refractivity contribution in [1.29, 1.82) is 0 Å². The minimum atomic E-state index is 0.0320. The summed E-state index contributed by atoms with van der Waals surface area (Å²) in [6.07, 6.45) is 1.82. The molecule has 1 aromatic carbocycles. The van der Waals surface area contributed by atoms with Crippen LogP contribution in [0.3, 0.4) is 0 Å². The Bertz CT molecular complexity index is 540. The van der Waals surface area contributed by atoms with Crippen LogP contribution in [0.15, 0.2) is 47.1 Å². The van der Waals surface area contributed by atoms with Gasteiger partial charge in [-0.3, -0.25) is 4.98 Å². The molecule has 1 aromatic heterocycles. The van der Waals surface area contributed by atoms with Gasteiger partial charge in [0.2, 0.25) is 0 Å². The first kappa shape index (κ1) is 14.0. The van der Waals surface area contributed by atoms with Gasteiger partial charge in [0.05, 0.1) is 12.2 Å². The highest BCUT2D eigenvalue weighted by Gasteiger charge is 2.08. The molecule has 19 heavy (non-hydrogen) atoms. The summed E-state index contributed by atoms with van der Waals surface area (Å²) in [5, 5.41) is 0. The molecule has 0 saturated carbocycles. The van der Waals surface area contributed by atoms with Gasteiger partial charge in [0.15, 0.2) is 0 Å². The van der Waals surface area contributed by atoms with Crippen molar-refractivity contribution in [2.45, 2.75) is 19.5 Å². The number of anilines is 1. The maximum atomic E-state index is 5.91. The molecule has 2 rings (SSSR count). The van der Waals surface area contributed by atoms with Gasteiger partial charge in [-0.05, 0) is 36.8 Å².